The number of benzene rings is 2. The van der Waals surface area contributed by atoms with Crippen LogP contribution >= 0.6 is 11.6 Å². The van der Waals surface area contributed by atoms with E-state index in [0.717, 1.165) is 4.68 Å². The van der Waals surface area contributed by atoms with Crippen LogP contribution in [0.2, 0.25) is 5.02 Å². The summed E-state index contributed by atoms with van der Waals surface area (Å²) in [6.07, 6.45) is 0. The maximum Gasteiger partial charge on any atom is 0.280 e. The average Bonchev–Trinajstić information content (AvgIpc) is 3.08. The highest BCUT2D eigenvalue weighted by Gasteiger charge is 2.20. The summed E-state index contributed by atoms with van der Waals surface area (Å²) in [5.74, 6) is -0.169. The van der Waals surface area contributed by atoms with Crippen molar-refractivity contribution in [3.8, 4) is 5.75 Å². The summed E-state index contributed by atoms with van der Waals surface area (Å²) >= 11 is 5.98. The molecule has 9 nitrogen and oxygen atoms in total. The second kappa shape index (κ2) is 9.48. The Morgan fingerprint density at radius 1 is 1.16 bits per heavy atom. The van der Waals surface area contributed by atoms with Gasteiger partial charge in [-0.25, -0.2) is 4.68 Å². The number of carbonyl (C=O) groups excluding carboxylic acids is 2. The summed E-state index contributed by atoms with van der Waals surface area (Å²) < 4.78 is 6.36. The molecule has 2 amide bonds. The zero-order valence-electron chi connectivity index (χ0n) is 17.3. The van der Waals surface area contributed by atoms with Crippen LogP contribution in [0.15, 0.2) is 42.5 Å². The molecule has 2 aromatic carbocycles. The molecule has 0 radical (unpaired) electrons. The van der Waals surface area contributed by atoms with Crippen molar-refractivity contribution in [1.29, 1.82) is 0 Å². The molecular weight excluding hydrogens is 420 g/mol. The maximum absolute atomic E-state index is 12.6. The molecule has 3 rings (SSSR count). The van der Waals surface area contributed by atoms with Crippen molar-refractivity contribution in [2.24, 2.45) is 0 Å². The number of nitrogens with zero attached hydrogens (tertiary/aromatic N) is 3. The van der Waals surface area contributed by atoms with E-state index in [0.29, 0.717) is 28.1 Å². The second-order valence-corrected chi connectivity index (χ2v) is 7.54. The lowest BCUT2D eigenvalue weighted by Crippen LogP contribution is -2.21. The Kier molecular flexibility index (Phi) is 6.76. The predicted octanol–water partition coefficient (Wildman–Crippen LogP) is 3.54. The van der Waals surface area contributed by atoms with Gasteiger partial charge in [0.25, 0.3) is 5.91 Å². The van der Waals surface area contributed by atoms with Crippen molar-refractivity contribution in [3.05, 3.63) is 58.7 Å². The van der Waals surface area contributed by atoms with Crippen LogP contribution in [0.1, 0.15) is 35.8 Å². The van der Waals surface area contributed by atoms with Gasteiger partial charge in [-0.05, 0) is 41.8 Å². The standard InChI is InChI=1S/C21H23ClN6O3/c1-12(2)13-4-7-15(8-5-13)24-18(29)11-28-20(23)19(26-27-28)21(30)25-16-10-14(22)6-9-17(16)31-3/h4-10,12H,11,23H2,1-3H3,(H,24,29)(H,25,30). The maximum atomic E-state index is 12.6. The Morgan fingerprint density at radius 3 is 2.52 bits per heavy atom. The van der Waals surface area contributed by atoms with E-state index < -0.39 is 5.91 Å². The molecule has 0 aliphatic rings. The van der Waals surface area contributed by atoms with Crippen molar-refractivity contribution in [3.63, 3.8) is 0 Å². The van der Waals surface area contributed by atoms with Gasteiger partial charge >= 0.3 is 0 Å². The molecule has 0 fully saturated rings. The smallest absolute Gasteiger partial charge is 0.280 e. The third-order valence-corrected chi connectivity index (χ3v) is 4.79. The molecule has 10 heteroatoms. The summed E-state index contributed by atoms with van der Waals surface area (Å²) in [4.78, 5) is 24.9. The molecule has 31 heavy (non-hydrogen) atoms. The summed E-state index contributed by atoms with van der Waals surface area (Å²) in [6.45, 7) is 3.99. The molecule has 0 aliphatic heterocycles. The fraction of sp³-hybridized carbons (Fsp3) is 0.238. The van der Waals surface area contributed by atoms with E-state index in [1.807, 2.05) is 24.3 Å². The lowest BCUT2D eigenvalue weighted by atomic mass is 10.0. The molecule has 0 spiro atoms. The van der Waals surface area contributed by atoms with Crippen molar-refractivity contribution in [1.82, 2.24) is 15.0 Å². The zero-order valence-corrected chi connectivity index (χ0v) is 18.1. The highest BCUT2D eigenvalue weighted by molar-refractivity contribution is 6.31. The molecule has 0 aliphatic carbocycles. The number of carbonyl (C=O) groups is 2. The Bertz CT molecular complexity index is 1090. The molecule has 0 atom stereocenters. The summed E-state index contributed by atoms with van der Waals surface area (Å²) in [6, 6.07) is 12.4. The van der Waals surface area contributed by atoms with E-state index in [-0.39, 0.29) is 24.0 Å². The van der Waals surface area contributed by atoms with Gasteiger partial charge in [0.15, 0.2) is 11.5 Å². The van der Waals surface area contributed by atoms with Gasteiger partial charge in [0.05, 0.1) is 12.8 Å². The van der Waals surface area contributed by atoms with Gasteiger partial charge in [0.1, 0.15) is 12.3 Å². The first-order chi connectivity index (χ1) is 14.8. The van der Waals surface area contributed by atoms with Gasteiger partial charge < -0.3 is 21.1 Å². The number of amides is 2. The summed E-state index contributed by atoms with van der Waals surface area (Å²) in [5.41, 5.74) is 8.06. The lowest BCUT2D eigenvalue weighted by molar-refractivity contribution is -0.116. The number of ether oxygens (including phenoxy) is 1. The lowest BCUT2D eigenvalue weighted by Gasteiger charge is -2.10. The van der Waals surface area contributed by atoms with Gasteiger partial charge in [-0.1, -0.05) is 42.8 Å². The Morgan fingerprint density at radius 2 is 1.87 bits per heavy atom. The largest absolute Gasteiger partial charge is 0.495 e. The van der Waals surface area contributed by atoms with Gasteiger partial charge in [0.2, 0.25) is 5.91 Å². The fourth-order valence-electron chi connectivity index (χ4n) is 2.85. The van der Waals surface area contributed by atoms with Crippen molar-refractivity contribution in [2.75, 3.05) is 23.5 Å². The molecule has 162 valence electrons. The highest BCUT2D eigenvalue weighted by Crippen LogP contribution is 2.28. The third kappa shape index (κ3) is 5.32. The van der Waals surface area contributed by atoms with Crippen LogP contribution in [0.25, 0.3) is 0 Å². The summed E-state index contributed by atoms with van der Waals surface area (Å²) in [5, 5.41) is 13.4. The normalized spacial score (nSPS) is 10.7. The van der Waals surface area contributed by atoms with E-state index in [1.165, 1.54) is 18.7 Å². The van der Waals surface area contributed by atoms with E-state index in [9.17, 15) is 9.59 Å². The van der Waals surface area contributed by atoms with Crippen LogP contribution in [0.5, 0.6) is 5.75 Å². The number of halogens is 1. The number of rotatable bonds is 7. The number of hydrogen-bond donors (Lipinski definition) is 3. The van der Waals surface area contributed by atoms with Gasteiger partial charge in [0, 0.05) is 10.7 Å². The Labute approximate surface area is 184 Å². The molecule has 3 aromatic rings. The van der Waals surface area contributed by atoms with Gasteiger partial charge in [-0.3, -0.25) is 9.59 Å². The van der Waals surface area contributed by atoms with Crippen LogP contribution in [0.4, 0.5) is 17.2 Å². The first-order valence-electron chi connectivity index (χ1n) is 9.52. The average molecular weight is 443 g/mol. The van der Waals surface area contributed by atoms with Crippen LogP contribution in [0.3, 0.4) is 0 Å². The Balaban J connectivity index is 1.67. The van der Waals surface area contributed by atoms with Crippen LogP contribution in [0, 0.1) is 0 Å². The number of methoxy groups -OCH3 is 1. The number of anilines is 3. The monoisotopic (exact) mass is 442 g/mol. The minimum Gasteiger partial charge on any atom is -0.495 e. The van der Waals surface area contributed by atoms with E-state index >= 15 is 0 Å². The first-order valence-corrected chi connectivity index (χ1v) is 9.90. The molecule has 4 N–H and O–H groups in total. The number of hydrogen-bond acceptors (Lipinski definition) is 6. The van der Waals surface area contributed by atoms with Crippen LogP contribution in [-0.2, 0) is 11.3 Å². The first kappa shape index (κ1) is 22.1. The van der Waals surface area contributed by atoms with Gasteiger partial charge in [-0.2, -0.15) is 0 Å². The van der Waals surface area contributed by atoms with E-state index in [1.54, 1.807) is 12.1 Å². The second-order valence-electron chi connectivity index (χ2n) is 7.10. The zero-order chi connectivity index (χ0) is 22.5. The minimum absolute atomic E-state index is 0.0381. The summed E-state index contributed by atoms with van der Waals surface area (Å²) in [7, 11) is 1.47. The molecular formula is C21H23ClN6O3. The number of nitrogen functional groups attached to an aromatic ring is 1. The highest BCUT2D eigenvalue weighted by atomic mass is 35.5. The van der Waals surface area contributed by atoms with Gasteiger partial charge in [-0.15, -0.1) is 5.10 Å². The van der Waals surface area contributed by atoms with Crippen molar-refractivity contribution < 1.29 is 14.3 Å². The topological polar surface area (TPSA) is 124 Å². The molecule has 0 bridgehead atoms. The Hall–Kier alpha value is -3.59. The molecule has 0 unspecified atom stereocenters. The van der Waals surface area contributed by atoms with E-state index in [2.05, 4.69) is 34.8 Å². The molecule has 1 heterocycles. The van der Waals surface area contributed by atoms with E-state index in [4.69, 9.17) is 22.1 Å². The quantitative estimate of drug-likeness (QED) is 0.514. The van der Waals surface area contributed by atoms with Crippen LogP contribution in [-0.4, -0.2) is 33.9 Å². The number of aromatic nitrogens is 3. The molecule has 1 aromatic heterocycles. The SMILES string of the molecule is COc1ccc(Cl)cc1NC(=O)c1nnn(CC(=O)Nc2ccc(C(C)C)cc2)c1N. The van der Waals surface area contributed by atoms with Crippen molar-refractivity contribution in [2.45, 2.75) is 26.3 Å². The number of nitrogens with one attached hydrogen (secondary N) is 2. The number of nitrogens with two attached hydrogens (primary N) is 1. The molecule has 0 saturated heterocycles. The predicted molar refractivity (Wildman–Crippen MR) is 120 cm³/mol. The minimum atomic E-state index is -0.603. The molecule has 0 saturated carbocycles. The third-order valence-electron chi connectivity index (χ3n) is 4.55. The van der Waals surface area contributed by atoms with Crippen LogP contribution < -0.4 is 21.1 Å². The van der Waals surface area contributed by atoms with Crippen molar-refractivity contribution >= 4 is 40.6 Å². The fourth-order valence-corrected chi connectivity index (χ4v) is 3.02.